The molecule has 0 unspecified atom stereocenters. The lowest BCUT2D eigenvalue weighted by molar-refractivity contribution is -0.131. The molecule has 0 spiro atoms. The van der Waals surface area contributed by atoms with Crippen molar-refractivity contribution in [3.63, 3.8) is 0 Å². The van der Waals surface area contributed by atoms with Gasteiger partial charge in [-0.15, -0.1) is 0 Å². The van der Waals surface area contributed by atoms with Crippen LogP contribution in [0.5, 0.6) is 17.2 Å². The van der Waals surface area contributed by atoms with Crippen LogP contribution >= 0.6 is 11.6 Å². The van der Waals surface area contributed by atoms with Crippen molar-refractivity contribution in [3.05, 3.63) is 88.5 Å². The molecule has 2 aliphatic heterocycles. The molecule has 2 aliphatic carbocycles. The van der Waals surface area contributed by atoms with Crippen molar-refractivity contribution in [1.82, 2.24) is 0 Å². The first kappa shape index (κ1) is 30.0. The molecule has 3 aromatic rings. The summed E-state index contributed by atoms with van der Waals surface area (Å²) in [5.41, 5.74) is 1.40. The Bertz CT molecular complexity index is 1860. The topological polar surface area (TPSA) is 113 Å². The molecular weight excluding hydrogens is 608 g/mol. The minimum atomic E-state index is -1.34. The third-order valence-electron chi connectivity index (χ3n) is 10.5. The second-order valence-corrected chi connectivity index (χ2v) is 13.1. The Hall–Kier alpha value is -4.63. The van der Waals surface area contributed by atoms with Crippen molar-refractivity contribution in [3.8, 4) is 17.2 Å². The number of imide groups is 2. The average molecular weight is 641 g/mol. The van der Waals surface area contributed by atoms with Gasteiger partial charge in [0.05, 0.1) is 48.8 Å². The summed E-state index contributed by atoms with van der Waals surface area (Å²) in [6, 6.07) is 16.9. The summed E-state index contributed by atoms with van der Waals surface area (Å²) in [6.07, 6.45) is 2.38. The number of fused-ring (bicyclic) bond motifs is 4. The fourth-order valence-electron chi connectivity index (χ4n) is 8.29. The molecule has 3 aromatic carbocycles. The van der Waals surface area contributed by atoms with Gasteiger partial charge in [-0.05, 0) is 62.4 Å². The first-order chi connectivity index (χ1) is 22.0. The van der Waals surface area contributed by atoms with E-state index < -0.39 is 40.9 Å². The second-order valence-electron chi connectivity index (χ2n) is 12.7. The summed E-state index contributed by atoms with van der Waals surface area (Å²) in [5.74, 6) is -4.63. The van der Waals surface area contributed by atoms with E-state index in [9.17, 15) is 24.3 Å². The fraction of sp³-hybridized carbons (Fsp3) is 0.333. The molecule has 0 aromatic heterocycles. The number of anilines is 2. The van der Waals surface area contributed by atoms with Crippen LogP contribution in [0.1, 0.15) is 36.8 Å². The Morgan fingerprint density at radius 1 is 0.870 bits per heavy atom. The van der Waals surface area contributed by atoms with Gasteiger partial charge in [0.2, 0.25) is 23.6 Å². The Labute approximate surface area is 271 Å². The number of methoxy groups -OCH3 is 2. The first-order valence-corrected chi connectivity index (χ1v) is 15.6. The summed E-state index contributed by atoms with van der Waals surface area (Å²) in [6.45, 7) is 3.61. The maximum Gasteiger partial charge on any atom is 0.241 e. The second kappa shape index (κ2) is 10.7. The molecule has 1 saturated carbocycles. The molecule has 2 saturated heterocycles. The smallest absolute Gasteiger partial charge is 0.241 e. The van der Waals surface area contributed by atoms with Crippen LogP contribution in [-0.4, -0.2) is 43.0 Å². The van der Waals surface area contributed by atoms with E-state index in [2.05, 4.69) is 0 Å². The van der Waals surface area contributed by atoms with Gasteiger partial charge >= 0.3 is 0 Å². The van der Waals surface area contributed by atoms with E-state index in [1.807, 2.05) is 19.1 Å². The van der Waals surface area contributed by atoms with Gasteiger partial charge in [-0.1, -0.05) is 47.5 Å². The van der Waals surface area contributed by atoms with E-state index in [4.69, 9.17) is 21.1 Å². The molecule has 9 nitrogen and oxygen atoms in total. The molecule has 4 aliphatic rings. The number of phenols is 1. The van der Waals surface area contributed by atoms with E-state index >= 15 is 0 Å². The SMILES string of the molecule is COc1cc(O)c([C@H]2C3=CC[C@@H]4C(=O)N(c5ccc(C)c(Cl)c5)C(=O)[C@@H]4[C@@H]3C[C@H]3C(=O)N(c4ccccc4)C(=O)[C@@]23C)c(OC)c1. The number of para-hydroxylation sites is 1. The van der Waals surface area contributed by atoms with Crippen LogP contribution in [0, 0.1) is 36.0 Å². The van der Waals surface area contributed by atoms with Crippen molar-refractivity contribution < 1.29 is 33.8 Å². The van der Waals surface area contributed by atoms with Gasteiger partial charge in [-0.3, -0.25) is 19.2 Å². The lowest BCUT2D eigenvalue weighted by Crippen LogP contribution is -2.49. The monoisotopic (exact) mass is 640 g/mol. The molecule has 10 heteroatoms. The lowest BCUT2D eigenvalue weighted by Gasteiger charge is -2.49. The van der Waals surface area contributed by atoms with E-state index in [0.29, 0.717) is 27.7 Å². The number of hydrogen-bond donors (Lipinski definition) is 1. The van der Waals surface area contributed by atoms with Crippen LogP contribution in [0.3, 0.4) is 0 Å². The summed E-state index contributed by atoms with van der Waals surface area (Å²) >= 11 is 6.40. The van der Waals surface area contributed by atoms with Crippen LogP contribution in [0.2, 0.25) is 5.02 Å². The highest BCUT2D eigenvalue weighted by atomic mass is 35.5. The van der Waals surface area contributed by atoms with Crippen molar-refractivity contribution in [1.29, 1.82) is 0 Å². The number of aromatic hydroxyl groups is 1. The maximum absolute atomic E-state index is 14.6. The van der Waals surface area contributed by atoms with Gasteiger partial charge in [0.15, 0.2) is 0 Å². The average Bonchev–Trinajstić information content (AvgIpc) is 3.42. The lowest BCUT2D eigenvalue weighted by atomic mass is 9.51. The summed E-state index contributed by atoms with van der Waals surface area (Å²) < 4.78 is 11.2. The number of aryl methyl sites for hydroxylation is 1. The van der Waals surface area contributed by atoms with E-state index in [1.54, 1.807) is 55.5 Å². The van der Waals surface area contributed by atoms with E-state index in [1.165, 1.54) is 30.1 Å². The Balaban J connectivity index is 1.41. The number of rotatable bonds is 5. The van der Waals surface area contributed by atoms with E-state index in [-0.39, 0.29) is 42.1 Å². The summed E-state index contributed by atoms with van der Waals surface area (Å²) in [5, 5.41) is 12.0. The Morgan fingerprint density at radius 3 is 2.28 bits per heavy atom. The van der Waals surface area contributed by atoms with Crippen LogP contribution in [0.15, 0.2) is 72.3 Å². The number of benzene rings is 3. The molecule has 236 valence electrons. The fourth-order valence-corrected chi connectivity index (χ4v) is 8.46. The van der Waals surface area contributed by atoms with Gasteiger partial charge in [0.1, 0.15) is 17.2 Å². The molecule has 1 N–H and O–H groups in total. The number of halogens is 1. The maximum atomic E-state index is 14.6. The van der Waals surface area contributed by atoms with Gasteiger partial charge in [-0.25, -0.2) is 9.80 Å². The zero-order valence-electron chi connectivity index (χ0n) is 25.8. The molecule has 0 radical (unpaired) electrons. The standard InChI is InChI=1S/C36H33ClN2O7/c1-18-10-11-20(14-26(18)37)38-32(41)23-13-12-22-24(29(23)34(38)43)17-25-33(42)39(19-8-6-5-7-9-19)35(44)36(25,2)31(22)30-27(40)15-21(45-3)16-28(30)46-4/h5-12,14-16,23-25,29,31,40H,13,17H2,1-4H3/t23-,24+,25-,29-,31+,36+/m0/s1. The van der Waals surface area contributed by atoms with E-state index in [0.717, 1.165) is 11.1 Å². The van der Waals surface area contributed by atoms with Crippen molar-refractivity contribution >= 4 is 46.6 Å². The number of allylic oxidation sites excluding steroid dienone is 2. The Morgan fingerprint density at radius 2 is 1.61 bits per heavy atom. The van der Waals surface area contributed by atoms with Gasteiger partial charge in [0, 0.05) is 28.6 Å². The summed E-state index contributed by atoms with van der Waals surface area (Å²) in [7, 11) is 2.93. The molecule has 3 fully saturated rings. The predicted molar refractivity (Wildman–Crippen MR) is 171 cm³/mol. The quantitative estimate of drug-likeness (QED) is 0.277. The molecule has 6 atom stereocenters. The normalized spacial score (nSPS) is 28.5. The number of nitrogens with zero attached hydrogens (tertiary/aromatic N) is 2. The number of phenolic OH excluding ortho intramolecular Hbond substituents is 1. The third kappa shape index (κ3) is 4.07. The van der Waals surface area contributed by atoms with Crippen molar-refractivity contribution in [2.24, 2.45) is 29.1 Å². The van der Waals surface area contributed by atoms with Crippen molar-refractivity contribution in [2.75, 3.05) is 24.0 Å². The van der Waals surface area contributed by atoms with Crippen LogP contribution < -0.4 is 19.3 Å². The summed E-state index contributed by atoms with van der Waals surface area (Å²) in [4.78, 5) is 59.5. The molecule has 2 heterocycles. The molecule has 7 rings (SSSR count). The third-order valence-corrected chi connectivity index (χ3v) is 10.9. The number of carbonyl (C=O) groups excluding carboxylic acids is 4. The minimum Gasteiger partial charge on any atom is -0.507 e. The number of ether oxygens (including phenoxy) is 2. The first-order valence-electron chi connectivity index (χ1n) is 15.2. The molecule has 46 heavy (non-hydrogen) atoms. The zero-order valence-corrected chi connectivity index (χ0v) is 26.6. The van der Waals surface area contributed by atoms with Crippen molar-refractivity contribution in [2.45, 2.75) is 32.6 Å². The van der Waals surface area contributed by atoms with Gasteiger partial charge in [-0.2, -0.15) is 0 Å². The largest absolute Gasteiger partial charge is 0.507 e. The zero-order chi connectivity index (χ0) is 32.7. The van der Waals surface area contributed by atoms with Gasteiger partial charge in [0.25, 0.3) is 0 Å². The number of amides is 4. The number of hydrogen-bond acceptors (Lipinski definition) is 7. The highest BCUT2D eigenvalue weighted by Gasteiger charge is 2.68. The minimum absolute atomic E-state index is 0.159. The highest BCUT2D eigenvalue weighted by molar-refractivity contribution is 6.32. The molecule has 4 amide bonds. The molecular formula is C36H33ClN2O7. The van der Waals surface area contributed by atoms with Crippen LogP contribution in [0.4, 0.5) is 11.4 Å². The molecule has 0 bridgehead atoms. The number of carbonyl (C=O) groups is 4. The van der Waals surface area contributed by atoms with Gasteiger partial charge < -0.3 is 14.6 Å². The van der Waals surface area contributed by atoms with Crippen LogP contribution in [0.25, 0.3) is 0 Å². The van der Waals surface area contributed by atoms with Crippen LogP contribution in [-0.2, 0) is 19.2 Å². The Kier molecular flexibility index (Phi) is 7.01. The predicted octanol–water partition coefficient (Wildman–Crippen LogP) is 5.81. The highest BCUT2D eigenvalue weighted by Crippen LogP contribution is 2.65.